The summed E-state index contributed by atoms with van der Waals surface area (Å²) in [6.45, 7) is 7.02. The minimum atomic E-state index is -0.872. The fourth-order valence-electron chi connectivity index (χ4n) is 5.58. The lowest BCUT2D eigenvalue weighted by Crippen LogP contribution is -2.45. The lowest BCUT2D eigenvalue weighted by atomic mass is 9.79. The van der Waals surface area contributed by atoms with E-state index in [1.807, 2.05) is 24.3 Å². The number of carbonyl (C=O) groups is 3. The van der Waals surface area contributed by atoms with Crippen LogP contribution >= 0.6 is 0 Å². The zero-order valence-corrected chi connectivity index (χ0v) is 23.3. The number of aliphatic imine (C=N–C) groups is 1. The molecule has 2 heterocycles. The second-order valence-electron chi connectivity index (χ2n) is 11.4. The highest BCUT2D eigenvalue weighted by molar-refractivity contribution is 6.45. The fourth-order valence-corrected chi connectivity index (χ4v) is 5.58. The molecule has 2 N–H and O–H groups in total. The van der Waals surface area contributed by atoms with Gasteiger partial charge in [-0.15, -0.1) is 0 Å². The zero-order chi connectivity index (χ0) is 29.5. The minimum absolute atomic E-state index is 0.0916. The molecule has 3 amide bonds. The van der Waals surface area contributed by atoms with E-state index in [0.717, 1.165) is 33.7 Å². The van der Waals surface area contributed by atoms with E-state index >= 15 is 0 Å². The Balaban J connectivity index is 1.39. The van der Waals surface area contributed by atoms with Gasteiger partial charge >= 0.3 is 0 Å². The molecule has 212 valence electrons. The quantitative estimate of drug-likeness (QED) is 0.423. The standard InChI is InChI=1S/C31H31F2N5O3/c1-5-34-26(30(2,3)4)28(40)38(23-13-20(32)12-21(33)14-23)17-25(39)36-22-9-8-18-15-31(16-19(18)11-22)24-7-6-10-35-27(24)37-29(31)41/h6-14H,5,15-17H2,1-4H3,(H,36,39)(H,35,37,41). The van der Waals surface area contributed by atoms with Gasteiger partial charge < -0.3 is 10.6 Å². The number of rotatable bonds is 6. The smallest absolute Gasteiger partial charge is 0.273 e. The van der Waals surface area contributed by atoms with Gasteiger partial charge in [0.2, 0.25) is 11.8 Å². The van der Waals surface area contributed by atoms with Crippen LogP contribution in [0.4, 0.5) is 26.0 Å². The number of aromatic nitrogens is 1. The van der Waals surface area contributed by atoms with Gasteiger partial charge in [0.05, 0.1) is 11.1 Å². The largest absolute Gasteiger partial charge is 0.325 e. The first-order chi connectivity index (χ1) is 19.4. The maximum absolute atomic E-state index is 14.2. The minimum Gasteiger partial charge on any atom is -0.325 e. The van der Waals surface area contributed by atoms with Crippen LogP contribution in [0.5, 0.6) is 0 Å². The van der Waals surface area contributed by atoms with Crippen molar-refractivity contribution in [2.45, 2.75) is 46.0 Å². The van der Waals surface area contributed by atoms with E-state index in [0.29, 0.717) is 37.0 Å². The predicted octanol–water partition coefficient (Wildman–Crippen LogP) is 4.83. The van der Waals surface area contributed by atoms with E-state index in [1.165, 1.54) is 0 Å². The number of hydrogen-bond donors (Lipinski definition) is 2. The maximum Gasteiger partial charge on any atom is 0.273 e. The summed E-state index contributed by atoms with van der Waals surface area (Å²) in [5, 5.41) is 5.68. The first-order valence-electron chi connectivity index (χ1n) is 13.4. The number of benzene rings is 2. The third kappa shape index (κ3) is 5.33. The Morgan fingerprint density at radius 3 is 2.46 bits per heavy atom. The molecule has 5 rings (SSSR count). The summed E-state index contributed by atoms with van der Waals surface area (Å²) < 4.78 is 28.3. The molecule has 1 atom stereocenters. The number of nitrogens with zero attached hydrogens (tertiary/aromatic N) is 3. The maximum atomic E-state index is 14.2. The van der Waals surface area contributed by atoms with Crippen molar-refractivity contribution in [3.8, 4) is 0 Å². The Hall–Kier alpha value is -4.47. The molecule has 0 saturated carbocycles. The molecular formula is C31H31F2N5O3. The first-order valence-corrected chi connectivity index (χ1v) is 13.4. The Kier molecular flexibility index (Phi) is 7.19. The first kappa shape index (κ1) is 28.1. The Morgan fingerprint density at radius 1 is 1.07 bits per heavy atom. The Labute approximate surface area is 236 Å². The zero-order valence-electron chi connectivity index (χ0n) is 23.3. The lowest BCUT2D eigenvalue weighted by molar-refractivity contribution is -0.120. The van der Waals surface area contributed by atoms with Crippen molar-refractivity contribution in [2.75, 3.05) is 28.6 Å². The molecule has 2 aliphatic rings. The van der Waals surface area contributed by atoms with Crippen molar-refractivity contribution in [2.24, 2.45) is 10.4 Å². The van der Waals surface area contributed by atoms with Crippen molar-refractivity contribution >= 4 is 40.6 Å². The molecule has 0 radical (unpaired) electrons. The summed E-state index contributed by atoms with van der Waals surface area (Å²) in [5.74, 6) is -2.46. The van der Waals surface area contributed by atoms with E-state index in [4.69, 9.17) is 0 Å². The summed E-state index contributed by atoms with van der Waals surface area (Å²) in [7, 11) is 0. The molecule has 1 unspecified atom stereocenters. The third-order valence-corrected chi connectivity index (χ3v) is 7.40. The van der Waals surface area contributed by atoms with E-state index in [9.17, 15) is 23.2 Å². The molecule has 1 aromatic heterocycles. The highest BCUT2D eigenvalue weighted by Crippen LogP contribution is 2.47. The van der Waals surface area contributed by atoms with Gasteiger partial charge in [0.1, 0.15) is 29.7 Å². The molecule has 1 aliphatic heterocycles. The highest BCUT2D eigenvalue weighted by atomic mass is 19.1. The van der Waals surface area contributed by atoms with E-state index in [2.05, 4.69) is 20.6 Å². The molecule has 3 aromatic rings. The molecule has 1 spiro atoms. The number of anilines is 3. The Bertz CT molecular complexity index is 1580. The van der Waals surface area contributed by atoms with Crippen LogP contribution in [0.2, 0.25) is 0 Å². The predicted molar refractivity (Wildman–Crippen MR) is 153 cm³/mol. The number of hydrogen-bond acceptors (Lipinski definition) is 5. The summed E-state index contributed by atoms with van der Waals surface area (Å²) in [6.07, 6.45) is 2.60. The van der Waals surface area contributed by atoms with Crippen molar-refractivity contribution in [1.82, 2.24) is 4.98 Å². The van der Waals surface area contributed by atoms with Gasteiger partial charge in [-0.1, -0.05) is 32.9 Å². The van der Waals surface area contributed by atoms with Crippen LogP contribution < -0.4 is 15.5 Å². The second-order valence-corrected chi connectivity index (χ2v) is 11.4. The van der Waals surface area contributed by atoms with Crippen molar-refractivity contribution in [3.63, 3.8) is 0 Å². The number of carbonyl (C=O) groups excluding carboxylic acids is 3. The average Bonchev–Trinajstić information content (AvgIpc) is 3.41. The van der Waals surface area contributed by atoms with Crippen LogP contribution in [-0.2, 0) is 32.6 Å². The monoisotopic (exact) mass is 559 g/mol. The molecule has 8 nitrogen and oxygen atoms in total. The van der Waals surface area contributed by atoms with Gasteiger partial charge in [-0.05, 0) is 61.2 Å². The second kappa shape index (κ2) is 10.5. The van der Waals surface area contributed by atoms with E-state index in [1.54, 1.807) is 40.0 Å². The summed E-state index contributed by atoms with van der Waals surface area (Å²) in [6, 6.07) is 11.9. The average molecular weight is 560 g/mol. The molecular weight excluding hydrogens is 528 g/mol. The van der Waals surface area contributed by atoms with Gasteiger partial charge in [0, 0.05) is 35.5 Å². The summed E-state index contributed by atoms with van der Waals surface area (Å²) >= 11 is 0. The molecule has 41 heavy (non-hydrogen) atoms. The highest BCUT2D eigenvalue weighted by Gasteiger charge is 2.51. The third-order valence-electron chi connectivity index (χ3n) is 7.40. The number of amides is 3. The van der Waals surface area contributed by atoms with Crippen LogP contribution in [-0.4, -0.2) is 41.5 Å². The van der Waals surface area contributed by atoms with Crippen LogP contribution in [0.1, 0.15) is 44.4 Å². The van der Waals surface area contributed by atoms with Gasteiger partial charge in [-0.3, -0.25) is 24.3 Å². The van der Waals surface area contributed by atoms with Crippen molar-refractivity contribution in [1.29, 1.82) is 0 Å². The number of pyridine rings is 1. The van der Waals surface area contributed by atoms with Crippen molar-refractivity contribution in [3.05, 3.63) is 83.1 Å². The topological polar surface area (TPSA) is 104 Å². The normalized spacial score (nSPS) is 17.7. The van der Waals surface area contributed by atoms with Gasteiger partial charge in [0.25, 0.3) is 5.91 Å². The van der Waals surface area contributed by atoms with Crippen LogP contribution in [0, 0.1) is 17.0 Å². The number of fused-ring (bicyclic) bond motifs is 3. The number of halogens is 2. The summed E-state index contributed by atoms with van der Waals surface area (Å²) in [5.41, 5.74) is 1.91. The Morgan fingerprint density at radius 2 is 1.78 bits per heavy atom. The van der Waals surface area contributed by atoms with Gasteiger partial charge in [-0.25, -0.2) is 13.8 Å². The molecule has 1 aliphatic carbocycles. The van der Waals surface area contributed by atoms with E-state index in [-0.39, 0.29) is 17.3 Å². The van der Waals surface area contributed by atoms with Crippen LogP contribution in [0.25, 0.3) is 0 Å². The molecule has 0 saturated heterocycles. The van der Waals surface area contributed by atoms with Gasteiger partial charge in [0.15, 0.2) is 0 Å². The molecule has 10 heteroatoms. The van der Waals surface area contributed by atoms with E-state index < -0.39 is 40.8 Å². The van der Waals surface area contributed by atoms with Crippen LogP contribution in [0.3, 0.4) is 0 Å². The molecule has 0 fully saturated rings. The summed E-state index contributed by atoms with van der Waals surface area (Å²) in [4.78, 5) is 49.6. The fraction of sp³-hybridized carbons (Fsp3) is 0.323. The molecule has 0 bridgehead atoms. The van der Waals surface area contributed by atoms with Gasteiger partial charge in [-0.2, -0.15) is 0 Å². The molecule has 2 aromatic carbocycles. The lowest BCUT2D eigenvalue weighted by Gasteiger charge is -2.28. The van der Waals surface area contributed by atoms with Crippen LogP contribution in [0.15, 0.2) is 59.7 Å². The SMILES string of the molecule is CCN=C(C(=O)N(CC(=O)Nc1ccc2c(c1)CC1(C2)C(=O)Nc2ncccc21)c1cc(F)cc(F)c1)C(C)(C)C. The number of nitrogens with one attached hydrogen (secondary N) is 2. The van der Waals surface area contributed by atoms with Crippen molar-refractivity contribution < 1.29 is 23.2 Å².